The lowest BCUT2D eigenvalue weighted by molar-refractivity contribution is 0.498. The molecule has 0 spiro atoms. The first-order valence-electron chi connectivity index (χ1n) is 4.94. The quantitative estimate of drug-likeness (QED) is 0.638. The Balaban J connectivity index is 2.43. The van der Waals surface area contributed by atoms with Crippen LogP contribution in [0.1, 0.15) is 0 Å². The third-order valence-corrected chi connectivity index (χ3v) is 2.64. The van der Waals surface area contributed by atoms with Gasteiger partial charge < -0.3 is 11.1 Å². The molecule has 0 heterocycles. The van der Waals surface area contributed by atoms with Gasteiger partial charge in [0.05, 0.1) is 22.1 Å². The van der Waals surface area contributed by atoms with Gasteiger partial charge in [0.25, 0.3) is 0 Å². The number of anilines is 3. The maximum atomic E-state index is 13.4. The van der Waals surface area contributed by atoms with Crippen molar-refractivity contribution in [3.8, 4) is 0 Å². The number of hydrogen-bond acceptors (Lipinski definition) is 2. The van der Waals surface area contributed by atoms with E-state index in [2.05, 4.69) is 5.32 Å². The molecule has 2 aromatic rings. The van der Waals surface area contributed by atoms with Gasteiger partial charge in [-0.1, -0.05) is 17.7 Å². The summed E-state index contributed by atoms with van der Waals surface area (Å²) >= 11 is 5.78. The highest BCUT2D eigenvalue weighted by molar-refractivity contribution is 6.33. The topological polar surface area (TPSA) is 38.0 Å². The molecule has 0 unspecified atom stereocenters. The van der Waals surface area contributed by atoms with Crippen LogP contribution in [0, 0.1) is 17.5 Å². The standard InChI is InChI=1S/C12H8ClF3N2/c13-7-2-1-3-9(12(7)17)18-10-5-6(14)4-8(15)11(10)16/h1-5,18H,17H2. The lowest BCUT2D eigenvalue weighted by Crippen LogP contribution is -2.01. The van der Waals surface area contributed by atoms with E-state index in [0.29, 0.717) is 6.07 Å². The molecule has 0 atom stereocenters. The van der Waals surface area contributed by atoms with Crippen molar-refractivity contribution in [1.82, 2.24) is 0 Å². The number of para-hydroxylation sites is 1. The average Bonchev–Trinajstić information content (AvgIpc) is 2.31. The van der Waals surface area contributed by atoms with Crippen LogP contribution < -0.4 is 11.1 Å². The van der Waals surface area contributed by atoms with Crippen molar-refractivity contribution < 1.29 is 13.2 Å². The van der Waals surface area contributed by atoms with E-state index in [0.717, 1.165) is 6.07 Å². The van der Waals surface area contributed by atoms with Crippen molar-refractivity contribution in [2.45, 2.75) is 0 Å². The number of benzene rings is 2. The van der Waals surface area contributed by atoms with Crippen LogP contribution in [0.15, 0.2) is 30.3 Å². The predicted octanol–water partition coefficient (Wildman–Crippen LogP) is 4.08. The molecule has 2 aromatic carbocycles. The van der Waals surface area contributed by atoms with Gasteiger partial charge in [0.2, 0.25) is 0 Å². The lowest BCUT2D eigenvalue weighted by atomic mass is 10.2. The molecular weight excluding hydrogens is 265 g/mol. The number of nitrogens with one attached hydrogen (secondary N) is 1. The van der Waals surface area contributed by atoms with Gasteiger partial charge >= 0.3 is 0 Å². The minimum Gasteiger partial charge on any atom is -0.396 e. The zero-order valence-electron chi connectivity index (χ0n) is 8.98. The average molecular weight is 273 g/mol. The second-order valence-corrected chi connectivity index (χ2v) is 3.98. The Hall–Kier alpha value is -1.88. The number of rotatable bonds is 2. The number of nitrogens with two attached hydrogens (primary N) is 1. The fraction of sp³-hybridized carbons (Fsp3) is 0. The molecule has 2 rings (SSSR count). The lowest BCUT2D eigenvalue weighted by Gasteiger charge is -2.11. The van der Waals surface area contributed by atoms with E-state index < -0.39 is 17.5 Å². The van der Waals surface area contributed by atoms with Crippen molar-refractivity contribution in [3.63, 3.8) is 0 Å². The first-order valence-corrected chi connectivity index (χ1v) is 5.32. The van der Waals surface area contributed by atoms with Crippen LogP contribution in [0.3, 0.4) is 0 Å². The van der Waals surface area contributed by atoms with Gasteiger partial charge in [-0.3, -0.25) is 0 Å². The van der Waals surface area contributed by atoms with Crippen molar-refractivity contribution in [2.24, 2.45) is 0 Å². The smallest absolute Gasteiger partial charge is 0.182 e. The molecule has 0 aliphatic rings. The normalized spacial score (nSPS) is 10.4. The zero-order chi connectivity index (χ0) is 13.3. The second-order valence-electron chi connectivity index (χ2n) is 3.58. The third-order valence-electron chi connectivity index (χ3n) is 2.32. The fourth-order valence-electron chi connectivity index (χ4n) is 1.44. The van der Waals surface area contributed by atoms with Crippen molar-refractivity contribution in [1.29, 1.82) is 0 Å². The zero-order valence-corrected chi connectivity index (χ0v) is 9.73. The summed E-state index contributed by atoms with van der Waals surface area (Å²) in [7, 11) is 0. The van der Waals surface area contributed by atoms with Crippen LogP contribution in [-0.2, 0) is 0 Å². The molecule has 0 fully saturated rings. The van der Waals surface area contributed by atoms with Crippen LogP contribution in [0.5, 0.6) is 0 Å². The first-order chi connectivity index (χ1) is 8.49. The van der Waals surface area contributed by atoms with Crippen LogP contribution in [0.2, 0.25) is 5.02 Å². The summed E-state index contributed by atoms with van der Waals surface area (Å²) in [6.07, 6.45) is 0. The van der Waals surface area contributed by atoms with E-state index in [4.69, 9.17) is 17.3 Å². The highest BCUT2D eigenvalue weighted by Gasteiger charge is 2.12. The number of nitrogen functional groups attached to an aromatic ring is 1. The van der Waals surface area contributed by atoms with Crippen molar-refractivity contribution >= 4 is 28.7 Å². The minimum absolute atomic E-state index is 0.170. The Morgan fingerprint density at radius 2 is 1.78 bits per heavy atom. The molecule has 0 saturated carbocycles. The molecule has 0 aliphatic carbocycles. The minimum atomic E-state index is -1.28. The highest BCUT2D eigenvalue weighted by Crippen LogP contribution is 2.31. The number of hydrogen-bond donors (Lipinski definition) is 2. The highest BCUT2D eigenvalue weighted by atomic mass is 35.5. The van der Waals surface area contributed by atoms with E-state index in [1.807, 2.05) is 0 Å². The maximum absolute atomic E-state index is 13.4. The van der Waals surface area contributed by atoms with Gasteiger partial charge in [-0.25, -0.2) is 13.2 Å². The maximum Gasteiger partial charge on any atom is 0.182 e. The third kappa shape index (κ3) is 2.36. The molecular formula is C12H8ClF3N2. The van der Waals surface area contributed by atoms with Gasteiger partial charge in [-0.05, 0) is 12.1 Å². The Morgan fingerprint density at radius 3 is 2.50 bits per heavy atom. The molecule has 18 heavy (non-hydrogen) atoms. The summed E-state index contributed by atoms with van der Waals surface area (Å²) in [6, 6.07) is 5.93. The molecule has 6 heteroatoms. The van der Waals surface area contributed by atoms with Gasteiger partial charge in [0.1, 0.15) is 5.82 Å². The Kier molecular flexibility index (Phi) is 3.34. The summed E-state index contributed by atoms with van der Waals surface area (Å²) in [6.45, 7) is 0. The van der Waals surface area contributed by atoms with Crippen molar-refractivity contribution in [3.05, 3.63) is 52.8 Å². The molecule has 3 N–H and O–H groups in total. The van der Waals surface area contributed by atoms with Gasteiger partial charge in [0, 0.05) is 12.1 Å². The predicted molar refractivity (Wildman–Crippen MR) is 65.5 cm³/mol. The molecule has 0 aliphatic heterocycles. The Morgan fingerprint density at radius 1 is 1.06 bits per heavy atom. The molecule has 0 aromatic heterocycles. The summed E-state index contributed by atoms with van der Waals surface area (Å²) < 4.78 is 39.4. The summed E-state index contributed by atoms with van der Waals surface area (Å²) in [5.41, 5.74) is 5.75. The van der Waals surface area contributed by atoms with E-state index in [-0.39, 0.29) is 22.1 Å². The summed E-state index contributed by atoms with van der Waals surface area (Å²) in [5, 5.41) is 2.76. The Bertz CT molecular complexity index is 602. The van der Waals surface area contributed by atoms with E-state index in [1.54, 1.807) is 12.1 Å². The van der Waals surface area contributed by atoms with Crippen LogP contribution >= 0.6 is 11.6 Å². The molecule has 94 valence electrons. The van der Waals surface area contributed by atoms with Crippen molar-refractivity contribution in [2.75, 3.05) is 11.1 Å². The molecule has 0 amide bonds. The van der Waals surface area contributed by atoms with E-state index in [9.17, 15) is 13.2 Å². The van der Waals surface area contributed by atoms with Crippen LogP contribution in [-0.4, -0.2) is 0 Å². The molecule has 0 radical (unpaired) electrons. The van der Waals surface area contributed by atoms with Crippen LogP contribution in [0.25, 0.3) is 0 Å². The van der Waals surface area contributed by atoms with Gasteiger partial charge in [-0.15, -0.1) is 0 Å². The Labute approximate surface area is 106 Å². The second kappa shape index (κ2) is 4.78. The largest absolute Gasteiger partial charge is 0.396 e. The molecule has 2 nitrogen and oxygen atoms in total. The summed E-state index contributed by atoms with van der Waals surface area (Å²) in [4.78, 5) is 0. The summed E-state index contributed by atoms with van der Waals surface area (Å²) in [5.74, 6) is -3.36. The van der Waals surface area contributed by atoms with E-state index >= 15 is 0 Å². The monoisotopic (exact) mass is 272 g/mol. The van der Waals surface area contributed by atoms with E-state index in [1.165, 1.54) is 6.07 Å². The number of halogens is 4. The van der Waals surface area contributed by atoms with Crippen LogP contribution in [0.4, 0.5) is 30.2 Å². The molecule has 0 bridgehead atoms. The fourth-order valence-corrected chi connectivity index (χ4v) is 1.61. The van der Waals surface area contributed by atoms with Gasteiger partial charge in [0.15, 0.2) is 11.6 Å². The van der Waals surface area contributed by atoms with Gasteiger partial charge in [-0.2, -0.15) is 0 Å². The SMILES string of the molecule is Nc1c(Cl)cccc1Nc1cc(F)cc(F)c1F. The first kappa shape index (κ1) is 12.6. The molecule has 0 saturated heterocycles.